The smallest absolute Gasteiger partial charge is 0.246 e. The molecule has 1 atom stereocenters. The van der Waals surface area contributed by atoms with Crippen LogP contribution in [0.3, 0.4) is 0 Å². The third-order valence-electron chi connectivity index (χ3n) is 3.35. The number of fused-ring (bicyclic) bond motifs is 1. The van der Waals surface area contributed by atoms with Crippen molar-refractivity contribution in [1.29, 1.82) is 0 Å². The normalized spacial score (nSPS) is 12.2. The summed E-state index contributed by atoms with van der Waals surface area (Å²) in [5.74, 6) is -0.193. The van der Waals surface area contributed by atoms with Crippen LogP contribution in [0.5, 0.6) is 0 Å². The number of nitrogens with zero attached hydrogens (tertiary/aromatic N) is 5. The van der Waals surface area contributed by atoms with Crippen LogP contribution in [0.25, 0.3) is 16.9 Å². The summed E-state index contributed by atoms with van der Waals surface area (Å²) in [6.45, 7) is 0.378. The van der Waals surface area contributed by atoms with Gasteiger partial charge in [0.15, 0.2) is 11.2 Å². The lowest BCUT2D eigenvalue weighted by molar-refractivity contribution is -0.124. The first-order valence-corrected chi connectivity index (χ1v) is 8.91. The van der Waals surface area contributed by atoms with Crippen molar-refractivity contribution in [3.8, 4) is 5.69 Å². The van der Waals surface area contributed by atoms with Crippen LogP contribution in [-0.4, -0.2) is 55.1 Å². The molecule has 2 aromatic heterocycles. The SMILES string of the molecule is COCC(=O)NCc1cccc(-n2nnc3cnc(S(C)=O)nc32)c1. The van der Waals surface area contributed by atoms with Gasteiger partial charge in [-0.25, -0.2) is 4.98 Å². The van der Waals surface area contributed by atoms with E-state index in [1.54, 1.807) is 4.68 Å². The quantitative estimate of drug-likeness (QED) is 0.625. The molecule has 2 heterocycles. The van der Waals surface area contributed by atoms with E-state index in [0.29, 0.717) is 17.7 Å². The zero-order valence-electron chi connectivity index (χ0n) is 13.7. The van der Waals surface area contributed by atoms with Crippen molar-refractivity contribution in [2.75, 3.05) is 20.0 Å². The first-order valence-electron chi connectivity index (χ1n) is 7.35. The summed E-state index contributed by atoms with van der Waals surface area (Å²) in [5, 5.41) is 11.1. The molecular formula is C15H16N6O3S. The predicted octanol–water partition coefficient (Wildman–Crippen LogP) is 0.210. The van der Waals surface area contributed by atoms with Crippen LogP contribution >= 0.6 is 0 Å². The molecule has 1 aromatic carbocycles. The second-order valence-electron chi connectivity index (χ2n) is 5.20. The van der Waals surface area contributed by atoms with Gasteiger partial charge in [-0.2, -0.15) is 9.67 Å². The zero-order valence-corrected chi connectivity index (χ0v) is 14.5. The lowest BCUT2D eigenvalue weighted by atomic mass is 10.2. The molecule has 0 bridgehead atoms. The minimum absolute atomic E-state index is 0.0151. The van der Waals surface area contributed by atoms with Gasteiger partial charge in [-0.3, -0.25) is 9.00 Å². The van der Waals surface area contributed by atoms with Crippen LogP contribution in [0.1, 0.15) is 5.56 Å². The van der Waals surface area contributed by atoms with Gasteiger partial charge in [-0.15, -0.1) is 5.10 Å². The van der Waals surface area contributed by atoms with Gasteiger partial charge in [0.1, 0.15) is 6.61 Å². The average molecular weight is 360 g/mol. The largest absolute Gasteiger partial charge is 0.375 e. The van der Waals surface area contributed by atoms with E-state index in [1.165, 1.54) is 19.6 Å². The van der Waals surface area contributed by atoms with E-state index in [1.807, 2.05) is 24.3 Å². The van der Waals surface area contributed by atoms with Gasteiger partial charge in [-0.05, 0) is 17.7 Å². The zero-order chi connectivity index (χ0) is 17.8. The fourth-order valence-electron chi connectivity index (χ4n) is 2.21. The lowest BCUT2D eigenvalue weighted by Gasteiger charge is -2.07. The third kappa shape index (κ3) is 3.86. The molecule has 25 heavy (non-hydrogen) atoms. The van der Waals surface area contributed by atoms with E-state index in [4.69, 9.17) is 4.74 Å². The number of carbonyl (C=O) groups is 1. The number of hydrogen-bond acceptors (Lipinski definition) is 7. The van der Waals surface area contributed by atoms with Crippen LogP contribution in [0.2, 0.25) is 0 Å². The summed E-state index contributed by atoms with van der Waals surface area (Å²) in [7, 11) is 0.169. The number of nitrogens with one attached hydrogen (secondary N) is 1. The maximum atomic E-state index is 11.6. The molecule has 0 aliphatic carbocycles. The Hall–Kier alpha value is -2.72. The summed E-state index contributed by atoms with van der Waals surface area (Å²) >= 11 is 0. The Morgan fingerprint density at radius 2 is 2.24 bits per heavy atom. The Kier molecular flexibility index (Phi) is 5.10. The number of carbonyl (C=O) groups excluding carboxylic acids is 1. The topological polar surface area (TPSA) is 112 Å². The highest BCUT2D eigenvalue weighted by atomic mass is 32.2. The summed E-state index contributed by atoms with van der Waals surface area (Å²) < 4.78 is 17.9. The number of amides is 1. The molecule has 1 N–H and O–H groups in total. The van der Waals surface area contributed by atoms with Crippen molar-refractivity contribution >= 4 is 27.9 Å². The summed E-state index contributed by atoms with van der Waals surface area (Å²) in [4.78, 5) is 19.8. The Morgan fingerprint density at radius 1 is 1.40 bits per heavy atom. The molecule has 0 saturated carbocycles. The van der Waals surface area contributed by atoms with E-state index < -0.39 is 10.8 Å². The summed E-state index contributed by atoms with van der Waals surface area (Å²) in [6.07, 6.45) is 3.01. The molecule has 0 aliphatic heterocycles. The third-order valence-corrected chi connectivity index (χ3v) is 4.06. The van der Waals surface area contributed by atoms with Gasteiger partial charge in [0.25, 0.3) is 0 Å². The molecule has 0 spiro atoms. The molecule has 130 valence electrons. The molecular weight excluding hydrogens is 344 g/mol. The molecule has 0 radical (unpaired) electrons. The molecule has 0 saturated heterocycles. The van der Waals surface area contributed by atoms with Crippen LogP contribution < -0.4 is 5.32 Å². The maximum Gasteiger partial charge on any atom is 0.246 e. The molecule has 9 nitrogen and oxygen atoms in total. The second kappa shape index (κ2) is 7.45. The van der Waals surface area contributed by atoms with Gasteiger partial charge >= 0.3 is 0 Å². The van der Waals surface area contributed by atoms with Gasteiger partial charge in [-0.1, -0.05) is 17.3 Å². The highest BCUT2D eigenvalue weighted by Crippen LogP contribution is 2.16. The van der Waals surface area contributed by atoms with Crippen LogP contribution in [-0.2, 0) is 26.9 Å². The second-order valence-corrected chi connectivity index (χ2v) is 6.47. The van der Waals surface area contributed by atoms with Crippen molar-refractivity contribution in [1.82, 2.24) is 30.3 Å². The van der Waals surface area contributed by atoms with Gasteiger partial charge in [0.2, 0.25) is 11.1 Å². The Balaban J connectivity index is 1.90. The minimum Gasteiger partial charge on any atom is -0.375 e. The Bertz CT molecular complexity index is 942. The minimum atomic E-state index is -1.30. The molecule has 0 aliphatic rings. The van der Waals surface area contributed by atoms with Crippen molar-refractivity contribution < 1.29 is 13.7 Å². The van der Waals surface area contributed by atoms with E-state index in [9.17, 15) is 9.00 Å². The Labute approximate surface area is 145 Å². The predicted molar refractivity (Wildman–Crippen MR) is 90.5 cm³/mol. The van der Waals surface area contributed by atoms with E-state index in [0.717, 1.165) is 11.3 Å². The van der Waals surface area contributed by atoms with Crippen molar-refractivity contribution in [2.45, 2.75) is 11.7 Å². The summed E-state index contributed by atoms with van der Waals surface area (Å²) in [5.41, 5.74) is 2.60. The average Bonchev–Trinajstić information content (AvgIpc) is 3.03. The highest BCUT2D eigenvalue weighted by Gasteiger charge is 2.12. The number of aromatic nitrogens is 5. The molecule has 3 aromatic rings. The molecule has 10 heteroatoms. The molecule has 0 fully saturated rings. The van der Waals surface area contributed by atoms with Gasteiger partial charge in [0, 0.05) is 19.9 Å². The van der Waals surface area contributed by atoms with Crippen molar-refractivity contribution in [3.05, 3.63) is 36.0 Å². The number of rotatable bonds is 6. The molecule has 1 unspecified atom stereocenters. The number of benzene rings is 1. The maximum absolute atomic E-state index is 11.6. The van der Waals surface area contributed by atoms with E-state index in [2.05, 4.69) is 25.6 Å². The summed E-state index contributed by atoms with van der Waals surface area (Å²) in [6, 6.07) is 7.45. The lowest BCUT2D eigenvalue weighted by Crippen LogP contribution is -2.26. The van der Waals surface area contributed by atoms with Crippen molar-refractivity contribution in [3.63, 3.8) is 0 Å². The van der Waals surface area contributed by atoms with E-state index in [-0.39, 0.29) is 17.7 Å². The van der Waals surface area contributed by atoms with Gasteiger partial charge in [0.05, 0.1) is 22.7 Å². The number of ether oxygens (including phenoxy) is 1. The standard InChI is InChI=1S/C15H16N6O3S/c1-24-9-13(22)16-7-10-4-3-5-11(6-10)21-14-12(19-20-21)8-17-15(18-14)25(2)23/h3-6,8H,7,9H2,1-2H3,(H,16,22). The van der Waals surface area contributed by atoms with Crippen LogP contribution in [0.15, 0.2) is 35.6 Å². The monoisotopic (exact) mass is 360 g/mol. The van der Waals surface area contributed by atoms with Crippen molar-refractivity contribution in [2.24, 2.45) is 0 Å². The highest BCUT2D eigenvalue weighted by molar-refractivity contribution is 7.84. The fourth-order valence-corrected chi connectivity index (χ4v) is 2.62. The fraction of sp³-hybridized carbons (Fsp3) is 0.267. The number of methoxy groups -OCH3 is 1. The number of hydrogen-bond donors (Lipinski definition) is 1. The van der Waals surface area contributed by atoms with E-state index >= 15 is 0 Å². The first-order chi connectivity index (χ1) is 12.1. The van der Waals surface area contributed by atoms with Gasteiger partial charge < -0.3 is 10.1 Å². The molecule has 1 amide bonds. The van der Waals surface area contributed by atoms with Crippen LogP contribution in [0, 0.1) is 0 Å². The molecule has 3 rings (SSSR count). The van der Waals surface area contributed by atoms with Crippen LogP contribution in [0.4, 0.5) is 0 Å². The first kappa shape index (κ1) is 17.1. The Morgan fingerprint density at radius 3 is 3.00 bits per heavy atom.